The number of hydrogen-bond acceptors (Lipinski definition) is 4. The van der Waals surface area contributed by atoms with Gasteiger partial charge in [0.1, 0.15) is 11.5 Å². The zero-order valence-corrected chi connectivity index (χ0v) is 13.6. The Labute approximate surface area is 127 Å². The Kier molecular flexibility index (Phi) is 4.38. The van der Waals surface area contributed by atoms with Crippen LogP contribution < -0.4 is 5.32 Å². The van der Waals surface area contributed by atoms with Gasteiger partial charge in [-0.1, -0.05) is 0 Å². The maximum atomic E-state index is 5.89. The zero-order chi connectivity index (χ0) is 14.9. The fourth-order valence-corrected chi connectivity index (χ4v) is 3.21. The quantitative estimate of drug-likeness (QED) is 0.875. The fourth-order valence-electron chi connectivity index (χ4n) is 3.21. The van der Waals surface area contributed by atoms with Gasteiger partial charge in [-0.05, 0) is 52.1 Å². The predicted molar refractivity (Wildman–Crippen MR) is 83.2 cm³/mol. The molecule has 0 spiro atoms. The number of likely N-dealkylation sites (tertiary alicyclic amines) is 1. The van der Waals surface area contributed by atoms with Crippen LogP contribution in [-0.4, -0.2) is 36.7 Å². The smallest absolute Gasteiger partial charge is 0.118 e. The van der Waals surface area contributed by atoms with Crippen LogP contribution in [0.25, 0.3) is 0 Å². The lowest BCUT2D eigenvalue weighted by atomic mass is 9.94. The van der Waals surface area contributed by atoms with Gasteiger partial charge >= 0.3 is 0 Å². The van der Waals surface area contributed by atoms with Gasteiger partial charge in [0.15, 0.2) is 0 Å². The summed E-state index contributed by atoms with van der Waals surface area (Å²) in [6, 6.07) is 2.95. The third-order valence-corrected chi connectivity index (χ3v) is 4.84. The number of aryl methyl sites for hydroxylation is 1. The molecule has 118 valence electrons. The maximum Gasteiger partial charge on any atom is 0.118 e. The Bertz CT molecular complexity index is 481. The first kappa shape index (κ1) is 15.1. The van der Waals surface area contributed by atoms with E-state index >= 15 is 0 Å². The molecule has 1 aliphatic carbocycles. The van der Waals surface area contributed by atoms with E-state index in [-0.39, 0.29) is 5.60 Å². The fraction of sp³-hybridized carbons (Fsp3) is 0.765. The van der Waals surface area contributed by atoms with E-state index in [9.17, 15) is 0 Å². The molecular weight excluding hydrogens is 264 g/mol. The number of methoxy groups -OCH3 is 1. The predicted octanol–water partition coefficient (Wildman–Crippen LogP) is 2.84. The lowest BCUT2D eigenvalue weighted by Gasteiger charge is -2.39. The Hall–Kier alpha value is -0.840. The van der Waals surface area contributed by atoms with Crippen molar-refractivity contribution in [1.29, 1.82) is 0 Å². The van der Waals surface area contributed by atoms with Gasteiger partial charge in [-0.2, -0.15) is 0 Å². The SMILES string of the molecule is COC1(C)CCCN(Cc2cc(CNC3CC3)oc2C)C1. The number of furan rings is 1. The summed E-state index contributed by atoms with van der Waals surface area (Å²) in [6.45, 7) is 8.28. The maximum absolute atomic E-state index is 5.89. The molecule has 1 saturated carbocycles. The number of nitrogens with one attached hydrogen (secondary N) is 1. The Morgan fingerprint density at radius 2 is 2.29 bits per heavy atom. The van der Waals surface area contributed by atoms with E-state index in [2.05, 4.69) is 30.1 Å². The Balaban J connectivity index is 1.58. The summed E-state index contributed by atoms with van der Waals surface area (Å²) in [5, 5.41) is 3.51. The summed E-state index contributed by atoms with van der Waals surface area (Å²) in [7, 11) is 1.83. The van der Waals surface area contributed by atoms with Gasteiger partial charge in [0.2, 0.25) is 0 Å². The van der Waals surface area contributed by atoms with Gasteiger partial charge in [0.05, 0.1) is 12.1 Å². The highest BCUT2D eigenvalue weighted by molar-refractivity contribution is 5.21. The number of rotatable bonds is 6. The summed E-state index contributed by atoms with van der Waals surface area (Å²) in [4.78, 5) is 2.49. The molecule has 0 radical (unpaired) electrons. The van der Waals surface area contributed by atoms with Crippen molar-refractivity contribution >= 4 is 0 Å². The van der Waals surface area contributed by atoms with Crippen LogP contribution in [-0.2, 0) is 17.8 Å². The highest BCUT2D eigenvalue weighted by atomic mass is 16.5. The van der Waals surface area contributed by atoms with E-state index in [0.717, 1.165) is 50.2 Å². The first-order valence-electron chi connectivity index (χ1n) is 8.17. The van der Waals surface area contributed by atoms with Crippen molar-refractivity contribution in [2.24, 2.45) is 0 Å². The molecule has 3 rings (SSSR count). The molecule has 4 heteroatoms. The molecule has 21 heavy (non-hydrogen) atoms. The van der Waals surface area contributed by atoms with E-state index < -0.39 is 0 Å². The second-order valence-corrected chi connectivity index (χ2v) is 6.92. The van der Waals surface area contributed by atoms with Gasteiger partial charge in [0, 0.05) is 31.8 Å². The molecule has 4 nitrogen and oxygen atoms in total. The molecule has 2 heterocycles. The second kappa shape index (κ2) is 6.11. The molecule has 1 aromatic heterocycles. The third-order valence-electron chi connectivity index (χ3n) is 4.84. The van der Waals surface area contributed by atoms with Crippen LogP contribution in [0.1, 0.15) is 49.7 Å². The Morgan fingerprint density at radius 3 is 3.00 bits per heavy atom. The summed E-state index contributed by atoms with van der Waals surface area (Å²) < 4.78 is 11.6. The van der Waals surface area contributed by atoms with Crippen molar-refractivity contribution in [3.8, 4) is 0 Å². The average molecular weight is 292 g/mol. The third kappa shape index (κ3) is 3.87. The van der Waals surface area contributed by atoms with Crippen LogP contribution in [0.15, 0.2) is 10.5 Å². The first-order valence-corrected chi connectivity index (χ1v) is 8.17. The lowest BCUT2D eigenvalue weighted by molar-refractivity contribution is -0.0527. The first-order chi connectivity index (χ1) is 10.1. The molecule has 0 bridgehead atoms. The van der Waals surface area contributed by atoms with Crippen LogP contribution in [0.5, 0.6) is 0 Å². The molecule has 1 aliphatic heterocycles. The molecule has 1 aromatic rings. The average Bonchev–Trinajstić information content (AvgIpc) is 3.22. The van der Waals surface area contributed by atoms with Crippen LogP contribution in [0, 0.1) is 6.92 Å². The van der Waals surface area contributed by atoms with Crippen molar-refractivity contribution in [2.45, 2.75) is 64.3 Å². The largest absolute Gasteiger partial charge is 0.465 e. The van der Waals surface area contributed by atoms with Crippen molar-refractivity contribution in [3.05, 3.63) is 23.2 Å². The zero-order valence-electron chi connectivity index (χ0n) is 13.6. The van der Waals surface area contributed by atoms with Gasteiger partial charge in [-0.3, -0.25) is 4.90 Å². The molecule has 1 unspecified atom stereocenters. The minimum Gasteiger partial charge on any atom is -0.465 e. The summed E-state index contributed by atoms with van der Waals surface area (Å²) in [6.07, 6.45) is 4.99. The van der Waals surface area contributed by atoms with Crippen molar-refractivity contribution < 1.29 is 9.15 Å². The summed E-state index contributed by atoms with van der Waals surface area (Å²) >= 11 is 0. The molecule has 1 N–H and O–H groups in total. The normalized spacial score (nSPS) is 27.2. The van der Waals surface area contributed by atoms with Gasteiger partial charge in [-0.25, -0.2) is 0 Å². The highest BCUT2D eigenvalue weighted by Crippen LogP contribution is 2.26. The second-order valence-electron chi connectivity index (χ2n) is 6.92. The number of ether oxygens (including phenoxy) is 1. The van der Waals surface area contributed by atoms with Gasteiger partial charge < -0.3 is 14.5 Å². The molecule has 1 saturated heterocycles. The Morgan fingerprint density at radius 1 is 1.48 bits per heavy atom. The number of nitrogens with zero attached hydrogens (tertiary/aromatic N) is 1. The highest BCUT2D eigenvalue weighted by Gasteiger charge is 2.31. The van der Waals surface area contributed by atoms with E-state index in [1.807, 2.05) is 7.11 Å². The standard InChI is InChI=1S/C17H28N2O2/c1-13-14(9-16(21-13)10-18-15-5-6-15)11-19-8-4-7-17(2,12-19)20-3/h9,15,18H,4-8,10-12H2,1-3H3. The molecule has 0 aromatic carbocycles. The topological polar surface area (TPSA) is 37.6 Å². The minimum atomic E-state index is 0.00620. The van der Waals surface area contributed by atoms with Crippen LogP contribution in [0.3, 0.4) is 0 Å². The van der Waals surface area contributed by atoms with Gasteiger partial charge in [-0.15, -0.1) is 0 Å². The van der Waals surface area contributed by atoms with Gasteiger partial charge in [0.25, 0.3) is 0 Å². The van der Waals surface area contributed by atoms with Crippen molar-refractivity contribution in [3.63, 3.8) is 0 Å². The van der Waals surface area contributed by atoms with Crippen molar-refractivity contribution in [1.82, 2.24) is 10.2 Å². The number of hydrogen-bond donors (Lipinski definition) is 1. The molecule has 2 fully saturated rings. The number of piperidine rings is 1. The molecular formula is C17H28N2O2. The minimum absolute atomic E-state index is 0.00620. The van der Waals surface area contributed by atoms with E-state index in [4.69, 9.17) is 9.15 Å². The molecule has 2 aliphatic rings. The lowest BCUT2D eigenvalue weighted by Crippen LogP contribution is -2.46. The van der Waals surface area contributed by atoms with Crippen LogP contribution in [0.4, 0.5) is 0 Å². The van der Waals surface area contributed by atoms with E-state index in [1.54, 1.807) is 0 Å². The van der Waals surface area contributed by atoms with Crippen LogP contribution in [0.2, 0.25) is 0 Å². The summed E-state index contributed by atoms with van der Waals surface area (Å²) in [5.41, 5.74) is 1.33. The molecule has 1 atom stereocenters. The van der Waals surface area contributed by atoms with E-state index in [0.29, 0.717) is 0 Å². The van der Waals surface area contributed by atoms with E-state index in [1.165, 1.54) is 24.8 Å². The monoisotopic (exact) mass is 292 g/mol. The van der Waals surface area contributed by atoms with Crippen molar-refractivity contribution in [2.75, 3.05) is 20.2 Å². The molecule has 0 amide bonds. The summed E-state index contributed by atoms with van der Waals surface area (Å²) in [5.74, 6) is 2.13. The van der Waals surface area contributed by atoms with Crippen LogP contribution >= 0.6 is 0 Å².